The highest BCUT2D eigenvalue weighted by Crippen LogP contribution is 2.10. The largest absolute Gasteiger partial charge is 0.497 e. The van der Waals surface area contributed by atoms with Crippen LogP contribution in [0.3, 0.4) is 0 Å². The zero-order chi connectivity index (χ0) is 11.8. The molecule has 0 aliphatic carbocycles. The molecule has 0 saturated carbocycles. The van der Waals surface area contributed by atoms with Crippen LogP contribution in [-0.4, -0.2) is 24.9 Å². The minimum atomic E-state index is -0.0303. The third kappa shape index (κ3) is 4.23. The molecule has 0 spiro atoms. The first-order valence-corrected chi connectivity index (χ1v) is 6.38. The molecule has 16 heavy (non-hydrogen) atoms. The van der Waals surface area contributed by atoms with Crippen molar-refractivity contribution in [3.63, 3.8) is 0 Å². The van der Waals surface area contributed by atoms with Gasteiger partial charge in [0.1, 0.15) is 5.75 Å². The fourth-order valence-corrected chi connectivity index (χ4v) is 1.66. The maximum absolute atomic E-state index is 11.6. The van der Waals surface area contributed by atoms with Crippen LogP contribution in [0.1, 0.15) is 23.2 Å². The number of hydrogen-bond donors (Lipinski definition) is 1. The predicted octanol–water partition coefficient (Wildman–Crippen LogP) is 2.60. The van der Waals surface area contributed by atoms with Gasteiger partial charge in [-0.2, -0.15) is 0 Å². The summed E-state index contributed by atoms with van der Waals surface area (Å²) < 4.78 is 5.03. The Morgan fingerprint density at radius 1 is 1.31 bits per heavy atom. The first-order valence-electron chi connectivity index (χ1n) is 5.26. The van der Waals surface area contributed by atoms with E-state index < -0.39 is 0 Å². The lowest BCUT2D eigenvalue weighted by atomic mass is 10.2. The summed E-state index contributed by atoms with van der Waals surface area (Å²) in [5, 5.41) is 3.85. The summed E-state index contributed by atoms with van der Waals surface area (Å²) in [6, 6.07) is 7.10. The van der Waals surface area contributed by atoms with E-state index in [4.69, 9.17) is 4.74 Å². The van der Waals surface area contributed by atoms with E-state index in [1.165, 1.54) is 0 Å². The molecule has 4 heteroatoms. The van der Waals surface area contributed by atoms with Crippen LogP contribution in [0.5, 0.6) is 5.75 Å². The van der Waals surface area contributed by atoms with Crippen molar-refractivity contribution in [2.45, 2.75) is 12.8 Å². The second-order valence-electron chi connectivity index (χ2n) is 3.38. The van der Waals surface area contributed by atoms with Crippen LogP contribution in [0.25, 0.3) is 0 Å². The van der Waals surface area contributed by atoms with Gasteiger partial charge >= 0.3 is 0 Å². The minimum absolute atomic E-state index is 0.0303. The number of rotatable bonds is 6. The second-order valence-corrected chi connectivity index (χ2v) is 4.17. The van der Waals surface area contributed by atoms with Gasteiger partial charge in [-0.3, -0.25) is 4.79 Å². The number of benzene rings is 1. The first-order chi connectivity index (χ1) is 7.77. The molecular formula is C12H16BrNO2. The maximum Gasteiger partial charge on any atom is 0.251 e. The number of carbonyl (C=O) groups excluding carboxylic acids is 1. The van der Waals surface area contributed by atoms with Crippen molar-refractivity contribution in [3.05, 3.63) is 29.8 Å². The summed E-state index contributed by atoms with van der Waals surface area (Å²) in [5.74, 6) is 0.730. The SMILES string of the molecule is COc1ccc(C(=O)NCCCCBr)cc1. The highest BCUT2D eigenvalue weighted by molar-refractivity contribution is 9.09. The van der Waals surface area contributed by atoms with E-state index in [2.05, 4.69) is 21.2 Å². The summed E-state index contributed by atoms with van der Waals surface area (Å²) in [4.78, 5) is 11.6. The van der Waals surface area contributed by atoms with Crippen molar-refractivity contribution >= 4 is 21.8 Å². The van der Waals surface area contributed by atoms with Gasteiger partial charge < -0.3 is 10.1 Å². The van der Waals surface area contributed by atoms with Crippen molar-refractivity contribution in [1.82, 2.24) is 5.32 Å². The first kappa shape index (κ1) is 13.0. The lowest BCUT2D eigenvalue weighted by Crippen LogP contribution is -2.24. The molecule has 0 aromatic heterocycles. The molecular weight excluding hydrogens is 270 g/mol. The average Bonchev–Trinajstić information content (AvgIpc) is 2.34. The number of ether oxygens (including phenoxy) is 1. The Hall–Kier alpha value is -1.03. The smallest absolute Gasteiger partial charge is 0.251 e. The molecule has 0 bridgehead atoms. The van der Waals surface area contributed by atoms with E-state index >= 15 is 0 Å². The van der Waals surface area contributed by atoms with Gasteiger partial charge in [0.15, 0.2) is 0 Å². The normalized spacial score (nSPS) is 9.88. The van der Waals surface area contributed by atoms with Crippen molar-refractivity contribution in [3.8, 4) is 5.75 Å². The highest BCUT2D eigenvalue weighted by atomic mass is 79.9. The summed E-state index contributed by atoms with van der Waals surface area (Å²) in [5.41, 5.74) is 0.666. The number of unbranched alkanes of at least 4 members (excludes halogenated alkanes) is 1. The van der Waals surface area contributed by atoms with Gasteiger partial charge in [-0.05, 0) is 37.1 Å². The van der Waals surface area contributed by atoms with Crippen molar-refractivity contribution < 1.29 is 9.53 Å². The molecule has 0 aliphatic rings. The predicted molar refractivity (Wildman–Crippen MR) is 68.4 cm³/mol. The molecule has 1 amide bonds. The van der Waals surface area contributed by atoms with Crippen LogP contribution < -0.4 is 10.1 Å². The van der Waals surface area contributed by atoms with Gasteiger partial charge in [-0.25, -0.2) is 0 Å². The number of carbonyl (C=O) groups is 1. The summed E-state index contributed by atoms with van der Waals surface area (Å²) >= 11 is 3.35. The lowest BCUT2D eigenvalue weighted by molar-refractivity contribution is 0.0953. The van der Waals surface area contributed by atoms with Gasteiger partial charge in [0.2, 0.25) is 0 Å². The Labute approximate surface area is 104 Å². The lowest BCUT2D eigenvalue weighted by Gasteiger charge is -2.05. The fraction of sp³-hybridized carbons (Fsp3) is 0.417. The van der Waals surface area contributed by atoms with E-state index in [0.717, 1.165) is 30.5 Å². The quantitative estimate of drug-likeness (QED) is 0.645. The van der Waals surface area contributed by atoms with Crippen LogP contribution >= 0.6 is 15.9 Å². The molecule has 3 nitrogen and oxygen atoms in total. The second kappa shape index (κ2) is 7.28. The van der Waals surface area contributed by atoms with Gasteiger partial charge in [-0.15, -0.1) is 0 Å². The highest BCUT2D eigenvalue weighted by Gasteiger charge is 2.03. The molecule has 88 valence electrons. The minimum Gasteiger partial charge on any atom is -0.497 e. The monoisotopic (exact) mass is 285 g/mol. The number of methoxy groups -OCH3 is 1. The van der Waals surface area contributed by atoms with Crippen LogP contribution in [0.4, 0.5) is 0 Å². The van der Waals surface area contributed by atoms with Gasteiger partial charge in [0.25, 0.3) is 5.91 Å². The van der Waals surface area contributed by atoms with Gasteiger partial charge in [0.05, 0.1) is 7.11 Å². The Morgan fingerprint density at radius 3 is 2.56 bits per heavy atom. The third-order valence-electron chi connectivity index (χ3n) is 2.20. The Bertz CT molecular complexity index is 324. The molecule has 0 heterocycles. The Balaban J connectivity index is 2.40. The molecule has 1 aromatic rings. The molecule has 1 rings (SSSR count). The standard InChI is InChI=1S/C12H16BrNO2/c1-16-11-6-4-10(5-7-11)12(15)14-9-3-2-8-13/h4-7H,2-3,8-9H2,1H3,(H,14,15). The number of alkyl halides is 1. The van der Waals surface area contributed by atoms with Crippen molar-refractivity contribution in [1.29, 1.82) is 0 Å². The molecule has 0 aliphatic heterocycles. The van der Waals surface area contributed by atoms with Gasteiger partial charge in [0, 0.05) is 17.4 Å². The number of nitrogens with one attached hydrogen (secondary N) is 1. The Kier molecular flexibility index (Phi) is 5.93. The molecule has 1 aromatic carbocycles. The summed E-state index contributed by atoms with van der Waals surface area (Å²) in [7, 11) is 1.61. The molecule has 0 unspecified atom stereocenters. The third-order valence-corrected chi connectivity index (χ3v) is 2.76. The number of halogens is 1. The fourth-order valence-electron chi connectivity index (χ4n) is 1.27. The van der Waals surface area contributed by atoms with E-state index in [1.807, 2.05) is 0 Å². The summed E-state index contributed by atoms with van der Waals surface area (Å²) in [6.45, 7) is 0.719. The molecule has 0 saturated heterocycles. The molecule has 0 radical (unpaired) electrons. The van der Waals surface area contributed by atoms with Crippen LogP contribution in [0, 0.1) is 0 Å². The average molecular weight is 286 g/mol. The van der Waals surface area contributed by atoms with Crippen LogP contribution in [0.15, 0.2) is 24.3 Å². The molecule has 0 atom stereocenters. The topological polar surface area (TPSA) is 38.3 Å². The molecule has 1 N–H and O–H groups in total. The maximum atomic E-state index is 11.6. The van der Waals surface area contributed by atoms with E-state index in [9.17, 15) is 4.79 Å². The zero-order valence-corrected chi connectivity index (χ0v) is 10.9. The summed E-state index contributed by atoms with van der Waals surface area (Å²) in [6.07, 6.45) is 2.07. The van der Waals surface area contributed by atoms with Crippen molar-refractivity contribution in [2.75, 3.05) is 19.0 Å². The Morgan fingerprint density at radius 2 is 2.00 bits per heavy atom. The van der Waals surface area contributed by atoms with Gasteiger partial charge in [-0.1, -0.05) is 15.9 Å². The van der Waals surface area contributed by atoms with E-state index in [0.29, 0.717) is 5.56 Å². The van der Waals surface area contributed by atoms with Crippen LogP contribution in [-0.2, 0) is 0 Å². The zero-order valence-electron chi connectivity index (χ0n) is 9.33. The van der Waals surface area contributed by atoms with Crippen LogP contribution in [0.2, 0.25) is 0 Å². The van der Waals surface area contributed by atoms with E-state index in [-0.39, 0.29) is 5.91 Å². The van der Waals surface area contributed by atoms with E-state index in [1.54, 1.807) is 31.4 Å². The number of hydrogen-bond acceptors (Lipinski definition) is 2. The van der Waals surface area contributed by atoms with Crippen molar-refractivity contribution in [2.24, 2.45) is 0 Å². The number of amides is 1. The molecule has 0 fully saturated rings.